The number of carbonyl (C=O) groups is 1. The Balaban J connectivity index is 2.31. The minimum atomic E-state index is -3.04. The normalized spacial score (nSPS) is 35.7. The number of ether oxygens (including phenoxy) is 1. The van der Waals surface area contributed by atoms with Crippen LogP contribution in [0.3, 0.4) is 0 Å². The van der Waals surface area contributed by atoms with E-state index in [4.69, 9.17) is 13.8 Å². The van der Waals surface area contributed by atoms with Crippen molar-refractivity contribution in [2.45, 2.75) is 13.3 Å². The molecule has 15 heavy (non-hydrogen) atoms. The van der Waals surface area contributed by atoms with Crippen molar-refractivity contribution in [3.63, 3.8) is 0 Å². The van der Waals surface area contributed by atoms with E-state index >= 15 is 0 Å². The Kier molecular flexibility index (Phi) is 2.71. The van der Waals surface area contributed by atoms with Gasteiger partial charge in [0.15, 0.2) is 5.76 Å². The quantitative estimate of drug-likeness (QED) is 0.489. The molecule has 1 unspecified atom stereocenters. The second kappa shape index (κ2) is 3.74. The van der Waals surface area contributed by atoms with E-state index in [2.05, 4.69) is 0 Å². The summed E-state index contributed by atoms with van der Waals surface area (Å²) in [6, 6.07) is 0. The average molecular weight is 232 g/mol. The molecule has 2 aliphatic heterocycles. The summed E-state index contributed by atoms with van der Waals surface area (Å²) in [5.74, 6) is 0.0238. The lowest BCUT2D eigenvalue weighted by atomic mass is 9.99. The lowest BCUT2D eigenvalue weighted by molar-refractivity contribution is -0.212. The van der Waals surface area contributed by atoms with Crippen molar-refractivity contribution in [1.29, 1.82) is 0 Å². The van der Waals surface area contributed by atoms with Crippen LogP contribution in [0.4, 0.5) is 0 Å². The van der Waals surface area contributed by atoms with Crippen molar-refractivity contribution >= 4 is 13.9 Å². The van der Waals surface area contributed by atoms with E-state index < -0.39 is 7.94 Å². The van der Waals surface area contributed by atoms with Crippen LogP contribution in [-0.4, -0.2) is 25.8 Å². The smallest absolute Gasteiger partial charge is 0.338 e. The molecule has 0 N–H and O–H groups in total. The predicted molar refractivity (Wildman–Crippen MR) is 51.6 cm³/mol. The second-order valence-corrected chi connectivity index (χ2v) is 5.88. The number of allylic oxidation sites excluding steroid dienone is 1. The SMILES string of the molecule is CO[P+]1([O-])CC[C@H]2COC(=O)C2=C(C)O1. The molecule has 0 aromatic carbocycles. The first-order valence-corrected chi connectivity index (χ1v) is 6.51. The van der Waals surface area contributed by atoms with E-state index in [9.17, 15) is 9.69 Å². The maximum absolute atomic E-state index is 11.9. The monoisotopic (exact) mass is 232 g/mol. The number of cyclic esters (lactones) is 1. The maximum Gasteiger partial charge on any atom is 0.338 e. The second-order valence-electron chi connectivity index (χ2n) is 3.66. The molecular formula is C9H13O5P. The molecule has 5 nitrogen and oxygen atoms in total. The van der Waals surface area contributed by atoms with Gasteiger partial charge in [-0.3, -0.25) is 0 Å². The van der Waals surface area contributed by atoms with Gasteiger partial charge in [0.1, 0.15) is 6.16 Å². The van der Waals surface area contributed by atoms with Crippen molar-refractivity contribution in [3.8, 4) is 0 Å². The molecule has 6 heteroatoms. The number of hydrogen-bond acceptors (Lipinski definition) is 5. The number of rotatable bonds is 1. The lowest BCUT2D eigenvalue weighted by Gasteiger charge is -2.24. The van der Waals surface area contributed by atoms with Gasteiger partial charge in [-0.05, 0) is 13.3 Å². The van der Waals surface area contributed by atoms with Crippen molar-refractivity contribution in [2.24, 2.45) is 5.92 Å². The molecule has 0 radical (unpaired) electrons. The minimum Gasteiger partial charge on any atom is -0.624 e. The lowest BCUT2D eigenvalue weighted by Crippen LogP contribution is -2.17. The third-order valence-electron chi connectivity index (χ3n) is 2.73. The van der Waals surface area contributed by atoms with Crippen molar-refractivity contribution in [2.75, 3.05) is 19.9 Å². The van der Waals surface area contributed by atoms with E-state index in [-0.39, 0.29) is 11.9 Å². The van der Waals surface area contributed by atoms with Crippen LogP contribution in [-0.2, 0) is 18.6 Å². The zero-order chi connectivity index (χ0) is 11.1. The van der Waals surface area contributed by atoms with Gasteiger partial charge in [0.05, 0.1) is 19.3 Å². The van der Waals surface area contributed by atoms with Gasteiger partial charge in [0, 0.05) is 5.92 Å². The standard InChI is InChI=1S/C9H13O5P/c1-6-8-7(5-13-9(8)10)3-4-15(11,12-2)14-6/h7H,3-5H2,1-2H3/t7-,15?/m0/s1. The number of hydrogen-bond donors (Lipinski definition) is 0. The highest BCUT2D eigenvalue weighted by Crippen LogP contribution is 2.57. The van der Waals surface area contributed by atoms with E-state index in [1.165, 1.54) is 7.11 Å². The molecule has 0 aromatic rings. The van der Waals surface area contributed by atoms with Crippen LogP contribution >= 0.6 is 7.94 Å². The summed E-state index contributed by atoms with van der Waals surface area (Å²) in [6.45, 7) is 1.99. The summed E-state index contributed by atoms with van der Waals surface area (Å²) in [7, 11) is -1.68. The first-order valence-electron chi connectivity index (χ1n) is 4.78. The molecule has 2 atom stereocenters. The third-order valence-corrected chi connectivity index (χ3v) is 4.64. The molecule has 2 heterocycles. The topological polar surface area (TPSA) is 67.8 Å². The van der Waals surface area contributed by atoms with Gasteiger partial charge < -0.3 is 14.2 Å². The largest absolute Gasteiger partial charge is 0.624 e. The van der Waals surface area contributed by atoms with Crippen LogP contribution in [0.15, 0.2) is 11.3 Å². The molecule has 2 aliphatic rings. The predicted octanol–water partition coefficient (Wildman–Crippen LogP) is 0.623. The fraction of sp³-hybridized carbons (Fsp3) is 0.667. The molecule has 0 saturated carbocycles. The van der Waals surface area contributed by atoms with Gasteiger partial charge in [0.2, 0.25) is 0 Å². The third kappa shape index (κ3) is 1.87. The van der Waals surface area contributed by atoms with Gasteiger partial charge >= 0.3 is 5.97 Å². The molecule has 1 fully saturated rings. The van der Waals surface area contributed by atoms with Gasteiger partial charge in [-0.25, -0.2) is 9.32 Å². The maximum atomic E-state index is 11.9. The molecule has 0 aliphatic carbocycles. The highest BCUT2D eigenvalue weighted by Gasteiger charge is 2.43. The van der Waals surface area contributed by atoms with E-state index in [0.717, 1.165) is 0 Å². The van der Waals surface area contributed by atoms with Crippen LogP contribution in [0.2, 0.25) is 0 Å². The van der Waals surface area contributed by atoms with Gasteiger partial charge in [-0.15, -0.1) is 0 Å². The highest BCUT2D eigenvalue weighted by molar-refractivity contribution is 7.59. The van der Waals surface area contributed by atoms with Crippen molar-refractivity contribution in [1.82, 2.24) is 0 Å². The molecule has 0 amide bonds. The van der Waals surface area contributed by atoms with Crippen LogP contribution in [0.25, 0.3) is 0 Å². The summed E-state index contributed by atoms with van der Waals surface area (Å²) >= 11 is 0. The molecule has 0 spiro atoms. The first-order chi connectivity index (χ1) is 7.06. The van der Waals surface area contributed by atoms with Gasteiger partial charge in [-0.1, -0.05) is 0 Å². The molecular weight excluding hydrogens is 219 g/mol. The van der Waals surface area contributed by atoms with Crippen LogP contribution < -0.4 is 4.89 Å². The first kappa shape index (κ1) is 10.9. The van der Waals surface area contributed by atoms with Crippen LogP contribution in [0.1, 0.15) is 13.3 Å². The Bertz CT molecular complexity index is 326. The van der Waals surface area contributed by atoms with Crippen LogP contribution in [0, 0.1) is 5.92 Å². The fourth-order valence-electron chi connectivity index (χ4n) is 1.91. The summed E-state index contributed by atoms with van der Waals surface area (Å²) in [5.41, 5.74) is 0.518. The number of carbonyl (C=O) groups excluding carboxylic acids is 1. The Hall–Kier alpha value is -0.640. The van der Waals surface area contributed by atoms with Crippen molar-refractivity contribution in [3.05, 3.63) is 11.3 Å². The Labute approximate surface area is 88.6 Å². The zero-order valence-electron chi connectivity index (χ0n) is 8.69. The van der Waals surface area contributed by atoms with Crippen molar-refractivity contribution < 1.29 is 23.5 Å². The minimum absolute atomic E-state index is 0.00322. The number of esters is 1. The summed E-state index contributed by atoms with van der Waals surface area (Å²) in [5, 5.41) is 0. The number of fused-ring (bicyclic) bond motifs is 1. The van der Waals surface area contributed by atoms with Crippen LogP contribution in [0.5, 0.6) is 0 Å². The molecule has 0 bridgehead atoms. The zero-order valence-corrected chi connectivity index (χ0v) is 9.58. The summed E-state index contributed by atoms with van der Waals surface area (Å²) < 4.78 is 15.0. The fourth-order valence-corrected chi connectivity index (χ4v) is 3.40. The summed E-state index contributed by atoms with van der Waals surface area (Å²) in [6.07, 6.45) is 0.926. The average Bonchev–Trinajstić information content (AvgIpc) is 2.50. The van der Waals surface area contributed by atoms with E-state index in [1.807, 2.05) is 0 Å². The highest BCUT2D eigenvalue weighted by atomic mass is 31.2. The van der Waals surface area contributed by atoms with Gasteiger partial charge in [0.25, 0.3) is 7.94 Å². The Morgan fingerprint density at radius 1 is 1.60 bits per heavy atom. The Morgan fingerprint density at radius 2 is 2.33 bits per heavy atom. The molecule has 2 rings (SSSR count). The van der Waals surface area contributed by atoms with Gasteiger partial charge in [-0.2, -0.15) is 0 Å². The van der Waals surface area contributed by atoms with E-state index in [0.29, 0.717) is 30.5 Å². The molecule has 84 valence electrons. The summed E-state index contributed by atoms with van der Waals surface area (Å²) in [4.78, 5) is 23.3. The van der Waals surface area contributed by atoms with E-state index in [1.54, 1.807) is 6.92 Å². The Morgan fingerprint density at radius 3 is 3.00 bits per heavy atom. The molecule has 1 saturated heterocycles. The molecule has 0 aromatic heterocycles.